The summed E-state index contributed by atoms with van der Waals surface area (Å²) >= 11 is 1.12. The second-order valence-electron chi connectivity index (χ2n) is 3.40. The molecule has 18 heavy (non-hydrogen) atoms. The van der Waals surface area contributed by atoms with Crippen LogP contribution in [0.1, 0.15) is 5.56 Å². The molecule has 1 N–H and O–H groups in total. The first kappa shape index (κ1) is 12.8. The van der Waals surface area contributed by atoms with E-state index in [1.165, 1.54) is 7.11 Å². The molecular formula is C11H11FN2O3S. The number of ether oxygens (including phenoxy) is 2. The highest BCUT2D eigenvalue weighted by Gasteiger charge is 2.15. The number of thioether (sulfide) groups is 1. The maximum Gasteiger partial charge on any atom is 0.352 e. The zero-order valence-corrected chi connectivity index (χ0v) is 10.4. The Bertz CT molecular complexity index is 481. The average molecular weight is 270 g/mol. The van der Waals surface area contributed by atoms with Crippen molar-refractivity contribution in [2.75, 3.05) is 12.9 Å². The van der Waals surface area contributed by atoms with Crippen LogP contribution in [0.4, 0.5) is 9.18 Å². The second-order valence-corrected chi connectivity index (χ2v) is 4.35. The van der Waals surface area contributed by atoms with Gasteiger partial charge in [0.25, 0.3) is 5.24 Å². The third-order valence-electron chi connectivity index (χ3n) is 2.20. The molecule has 0 saturated heterocycles. The molecule has 5 nitrogen and oxygen atoms in total. The number of rotatable bonds is 4. The highest BCUT2D eigenvalue weighted by molar-refractivity contribution is 8.14. The van der Waals surface area contributed by atoms with Gasteiger partial charge in [-0.3, -0.25) is 4.79 Å². The van der Waals surface area contributed by atoms with E-state index >= 15 is 0 Å². The standard InChI is InChI=1S/C11H11FN2O3S/c1-16-10(12)17-8-4-2-3-7(5-8)9-6-18-11(15)14-13-9/h2-5,10H,6H2,1H3,(H,14,15). The highest BCUT2D eigenvalue weighted by Crippen LogP contribution is 2.19. The Labute approximate surface area is 107 Å². The van der Waals surface area contributed by atoms with Crippen LogP contribution in [-0.4, -0.2) is 30.4 Å². The minimum atomic E-state index is -1.80. The molecule has 96 valence electrons. The van der Waals surface area contributed by atoms with E-state index in [4.69, 9.17) is 4.74 Å². The Morgan fingerprint density at radius 1 is 1.56 bits per heavy atom. The van der Waals surface area contributed by atoms with Gasteiger partial charge in [-0.05, 0) is 12.1 Å². The normalized spacial score (nSPS) is 16.8. The number of hydrazone groups is 1. The van der Waals surface area contributed by atoms with Gasteiger partial charge >= 0.3 is 6.54 Å². The van der Waals surface area contributed by atoms with Crippen LogP contribution in [0.15, 0.2) is 29.4 Å². The molecule has 1 aromatic carbocycles. The van der Waals surface area contributed by atoms with E-state index < -0.39 is 6.54 Å². The zero-order valence-electron chi connectivity index (χ0n) is 9.55. The fraction of sp³-hybridized carbons (Fsp3) is 0.273. The van der Waals surface area contributed by atoms with Crippen molar-refractivity contribution in [2.45, 2.75) is 6.54 Å². The van der Waals surface area contributed by atoms with Crippen molar-refractivity contribution in [3.63, 3.8) is 0 Å². The molecule has 2 rings (SSSR count). The van der Waals surface area contributed by atoms with Crippen LogP contribution in [0.5, 0.6) is 5.75 Å². The van der Waals surface area contributed by atoms with Crippen LogP contribution < -0.4 is 10.2 Å². The summed E-state index contributed by atoms with van der Waals surface area (Å²) in [5.41, 5.74) is 3.85. The molecule has 0 spiro atoms. The Morgan fingerprint density at radius 3 is 3.06 bits per heavy atom. The van der Waals surface area contributed by atoms with E-state index in [0.717, 1.165) is 17.3 Å². The van der Waals surface area contributed by atoms with Crippen LogP contribution in [0.2, 0.25) is 0 Å². The molecule has 1 heterocycles. The fourth-order valence-corrected chi connectivity index (χ4v) is 1.97. The minimum absolute atomic E-state index is 0.186. The van der Waals surface area contributed by atoms with Gasteiger partial charge in [-0.1, -0.05) is 23.9 Å². The van der Waals surface area contributed by atoms with Gasteiger partial charge in [0.15, 0.2) is 0 Å². The zero-order chi connectivity index (χ0) is 13.0. The lowest BCUT2D eigenvalue weighted by atomic mass is 10.1. The summed E-state index contributed by atoms with van der Waals surface area (Å²) < 4.78 is 22.2. The molecule has 0 fully saturated rings. The quantitative estimate of drug-likeness (QED) is 0.851. The first-order valence-corrected chi connectivity index (χ1v) is 6.11. The second kappa shape index (κ2) is 5.83. The SMILES string of the molecule is COC(F)Oc1cccc(C2=NNC(=O)SC2)c1. The molecule has 1 aliphatic heterocycles. The van der Waals surface area contributed by atoms with Gasteiger partial charge in [-0.25, -0.2) is 5.43 Å². The van der Waals surface area contributed by atoms with Crippen LogP contribution in [0.25, 0.3) is 0 Å². The number of methoxy groups -OCH3 is 1. The molecule has 1 amide bonds. The van der Waals surface area contributed by atoms with Crippen molar-refractivity contribution in [3.8, 4) is 5.75 Å². The first-order chi connectivity index (χ1) is 8.69. The van der Waals surface area contributed by atoms with Gasteiger partial charge in [-0.2, -0.15) is 9.49 Å². The lowest BCUT2D eigenvalue weighted by Gasteiger charge is -2.13. The van der Waals surface area contributed by atoms with E-state index in [9.17, 15) is 9.18 Å². The number of nitrogens with one attached hydrogen (secondary N) is 1. The predicted octanol–water partition coefficient (Wildman–Crippen LogP) is 2.13. The van der Waals surface area contributed by atoms with E-state index in [-0.39, 0.29) is 5.24 Å². The molecular weight excluding hydrogens is 259 g/mol. The van der Waals surface area contributed by atoms with E-state index in [1.54, 1.807) is 18.2 Å². The minimum Gasteiger partial charge on any atom is -0.438 e. The topological polar surface area (TPSA) is 59.9 Å². The van der Waals surface area contributed by atoms with Gasteiger partial charge in [-0.15, -0.1) is 0 Å². The lowest BCUT2D eigenvalue weighted by molar-refractivity contribution is -0.145. The smallest absolute Gasteiger partial charge is 0.352 e. The molecule has 0 saturated carbocycles. The third kappa shape index (κ3) is 3.21. The van der Waals surface area contributed by atoms with Crippen LogP contribution in [0.3, 0.4) is 0 Å². The molecule has 0 aromatic heterocycles. The number of hydrogen-bond donors (Lipinski definition) is 1. The number of benzene rings is 1. The van der Waals surface area contributed by atoms with Gasteiger partial charge in [0, 0.05) is 18.4 Å². The number of nitrogens with zero attached hydrogens (tertiary/aromatic N) is 1. The molecule has 0 bridgehead atoms. The maximum atomic E-state index is 12.9. The number of carbonyl (C=O) groups is 1. The molecule has 0 aliphatic carbocycles. The Morgan fingerprint density at radius 2 is 2.39 bits per heavy atom. The number of amides is 1. The van der Waals surface area contributed by atoms with Crippen molar-refractivity contribution in [3.05, 3.63) is 29.8 Å². The monoisotopic (exact) mass is 270 g/mol. The summed E-state index contributed by atoms with van der Waals surface area (Å²) in [5.74, 6) is 0.810. The summed E-state index contributed by atoms with van der Waals surface area (Å²) in [6, 6.07) is 6.78. The molecule has 0 radical (unpaired) electrons. The van der Waals surface area contributed by atoms with E-state index in [2.05, 4.69) is 15.3 Å². The largest absolute Gasteiger partial charge is 0.438 e. The maximum absolute atomic E-state index is 12.9. The number of hydrogen-bond acceptors (Lipinski definition) is 5. The van der Waals surface area contributed by atoms with Crippen LogP contribution >= 0.6 is 11.8 Å². The molecule has 1 unspecified atom stereocenters. The van der Waals surface area contributed by atoms with Crippen LogP contribution in [0, 0.1) is 0 Å². The number of halogens is 1. The van der Waals surface area contributed by atoms with E-state index in [1.807, 2.05) is 6.07 Å². The Hall–Kier alpha value is -1.60. The summed E-state index contributed by atoms with van der Waals surface area (Å²) in [7, 11) is 1.21. The number of carbonyl (C=O) groups excluding carboxylic acids is 1. The third-order valence-corrected chi connectivity index (χ3v) is 2.97. The number of alkyl halides is 1. The fourth-order valence-electron chi connectivity index (χ4n) is 1.36. The molecule has 1 aromatic rings. The summed E-state index contributed by atoms with van der Waals surface area (Å²) in [5, 5.41) is 3.75. The first-order valence-electron chi connectivity index (χ1n) is 5.12. The summed E-state index contributed by atoms with van der Waals surface area (Å²) in [4.78, 5) is 10.9. The van der Waals surface area contributed by atoms with Gasteiger partial charge in [0.2, 0.25) is 0 Å². The molecule has 1 aliphatic rings. The summed E-state index contributed by atoms with van der Waals surface area (Å²) in [6.45, 7) is -1.80. The van der Waals surface area contributed by atoms with Crippen molar-refractivity contribution in [2.24, 2.45) is 5.10 Å². The molecule has 7 heteroatoms. The van der Waals surface area contributed by atoms with Crippen molar-refractivity contribution < 1.29 is 18.7 Å². The van der Waals surface area contributed by atoms with Crippen molar-refractivity contribution in [1.29, 1.82) is 0 Å². The van der Waals surface area contributed by atoms with E-state index in [0.29, 0.717) is 17.2 Å². The van der Waals surface area contributed by atoms with Gasteiger partial charge in [0.1, 0.15) is 5.75 Å². The Balaban J connectivity index is 2.14. The average Bonchev–Trinajstić information content (AvgIpc) is 2.40. The predicted molar refractivity (Wildman–Crippen MR) is 66.5 cm³/mol. The van der Waals surface area contributed by atoms with Crippen LogP contribution in [-0.2, 0) is 4.74 Å². The lowest BCUT2D eigenvalue weighted by Crippen LogP contribution is -2.23. The highest BCUT2D eigenvalue weighted by atomic mass is 32.2. The molecule has 1 atom stereocenters. The van der Waals surface area contributed by atoms with Crippen molar-refractivity contribution in [1.82, 2.24) is 5.43 Å². The van der Waals surface area contributed by atoms with Gasteiger partial charge in [0.05, 0.1) is 5.71 Å². The summed E-state index contributed by atoms with van der Waals surface area (Å²) in [6.07, 6.45) is 0. The van der Waals surface area contributed by atoms with Crippen molar-refractivity contribution >= 4 is 22.7 Å². The van der Waals surface area contributed by atoms with Gasteiger partial charge < -0.3 is 9.47 Å². The Kier molecular flexibility index (Phi) is 4.16.